The molecule has 1 amide bonds. The molecule has 8 heteroatoms. The maximum absolute atomic E-state index is 12.6. The number of halogens is 3. The lowest BCUT2D eigenvalue weighted by atomic mass is 10.2. The monoisotopic (exact) mass is 386 g/mol. The summed E-state index contributed by atoms with van der Waals surface area (Å²) >= 11 is 0. The molecule has 0 unspecified atom stereocenters. The number of rotatable bonds is 5. The third-order valence-corrected chi connectivity index (χ3v) is 3.97. The van der Waals surface area contributed by atoms with Gasteiger partial charge in [-0.05, 0) is 29.8 Å². The van der Waals surface area contributed by atoms with Gasteiger partial charge in [-0.3, -0.25) is 4.79 Å². The van der Waals surface area contributed by atoms with Crippen molar-refractivity contribution in [3.05, 3.63) is 83.7 Å². The lowest BCUT2D eigenvalue weighted by Crippen LogP contribution is -2.20. The highest BCUT2D eigenvalue weighted by Gasteiger charge is 2.30. The van der Waals surface area contributed by atoms with Crippen molar-refractivity contribution in [2.75, 3.05) is 17.3 Å². The van der Waals surface area contributed by atoms with Gasteiger partial charge < -0.3 is 10.2 Å². The molecular weight excluding hydrogens is 369 g/mol. The van der Waals surface area contributed by atoms with E-state index in [0.29, 0.717) is 12.5 Å². The molecule has 28 heavy (non-hydrogen) atoms. The summed E-state index contributed by atoms with van der Waals surface area (Å²) in [6.45, 7) is 0.609. The second-order valence-corrected chi connectivity index (χ2v) is 6.14. The normalized spacial score (nSPS) is 11.1. The molecule has 0 spiro atoms. The van der Waals surface area contributed by atoms with Crippen molar-refractivity contribution in [2.45, 2.75) is 12.7 Å². The van der Waals surface area contributed by atoms with Crippen molar-refractivity contribution in [3.63, 3.8) is 0 Å². The van der Waals surface area contributed by atoms with E-state index in [1.54, 1.807) is 0 Å². The van der Waals surface area contributed by atoms with Crippen molar-refractivity contribution in [1.82, 2.24) is 9.97 Å². The predicted octanol–water partition coefficient (Wildman–Crippen LogP) is 4.38. The fourth-order valence-corrected chi connectivity index (χ4v) is 2.51. The number of amides is 1. The van der Waals surface area contributed by atoms with Crippen LogP contribution in [-0.4, -0.2) is 22.9 Å². The van der Waals surface area contributed by atoms with Gasteiger partial charge in [-0.2, -0.15) is 13.2 Å². The maximum atomic E-state index is 12.6. The first kappa shape index (κ1) is 19.3. The summed E-state index contributed by atoms with van der Waals surface area (Å²) in [7, 11) is 1.84. The summed E-state index contributed by atoms with van der Waals surface area (Å²) in [5, 5.41) is 2.53. The van der Waals surface area contributed by atoms with E-state index >= 15 is 0 Å². The Hall–Kier alpha value is -3.42. The minimum Gasteiger partial charge on any atom is -0.340 e. The number of anilines is 2. The van der Waals surface area contributed by atoms with Crippen LogP contribution in [-0.2, 0) is 12.7 Å². The van der Waals surface area contributed by atoms with Crippen LogP contribution in [0.15, 0.2) is 67.0 Å². The largest absolute Gasteiger partial charge is 0.416 e. The summed E-state index contributed by atoms with van der Waals surface area (Å²) < 4.78 is 37.7. The second kappa shape index (κ2) is 8.08. The Morgan fingerprint density at radius 1 is 1.00 bits per heavy atom. The number of hydrogen-bond donors (Lipinski definition) is 1. The SMILES string of the molecule is CN(Cc1ccccc1)c1ncc(C(=O)Nc2ccc(C(F)(F)F)cc2)cn1. The average Bonchev–Trinajstić information content (AvgIpc) is 2.68. The molecule has 0 saturated carbocycles. The van der Waals surface area contributed by atoms with E-state index in [2.05, 4.69) is 15.3 Å². The summed E-state index contributed by atoms with van der Waals surface area (Å²) in [6.07, 6.45) is -1.66. The molecule has 0 atom stereocenters. The number of nitrogens with one attached hydrogen (secondary N) is 1. The Morgan fingerprint density at radius 3 is 2.18 bits per heavy atom. The summed E-state index contributed by atoms with van der Waals surface area (Å²) in [4.78, 5) is 22.5. The number of carbonyl (C=O) groups is 1. The highest BCUT2D eigenvalue weighted by molar-refractivity contribution is 6.03. The molecule has 0 radical (unpaired) electrons. The van der Waals surface area contributed by atoms with Gasteiger partial charge in [0.25, 0.3) is 5.91 Å². The molecule has 0 saturated heterocycles. The molecule has 3 aromatic rings. The van der Waals surface area contributed by atoms with Crippen LogP contribution in [0, 0.1) is 0 Å². The summed E-state index contributed by atoms with van der Waals surface area (Å²) in [6, 6.07) is 14.0. The Labute approximate surface area is 159 Å². The molecule has 1 aromatic heterocycles. The van der Waals surface area contributed by atoms with Crippen LogP contribution >= 0.6 is 0 Å². The third kappa shape index (κ3) is 4.85. The van der Waals surface area contributed by atoms with Crippen molar-refractivity contribution in [2.24, 2.45) is 0 Å². The Balaban J connectivity index is 1.63. The van der Waals surface area contributed by atoms with Gasteiger partial charge in [0.1, 0.15) is 0 Å². The van der Waals surface area contributed by atoms with Crippen LogP contribution in [0.3, 0.4) is 0 Å². The minimum atomic E-state index is -4.42. The molecule has 0 aliphatic heterocycles. The first-order valence-corrected chi connectivity index (χ1v) is 8.38. The lowest BCUT2D eigenvalue weighted by Gasteiger charge is -2.17. The third-order valence-electron chi connectivity index (χ3n) is 3.97. The fraction of sp³-hybridized carbons (Fsp3) is 0.150. The molecule has 0 aliphatic rings. The van der Waals surface area contributed by atoms with Gasteiger partial charge in [0, 0.05) is 31.7 Å². The Morgan fingerprint density at radius 2 is 1.61 bits per heavy atom. The van der Waals surface area contributed by atoms with Crippen molar-refractivity contribution >= 4 is 17.5 Å². The quantitative estimate of drug-likeness (QED) is 0.707. The van der Waals surface area contributed by atoms with E-state index in [-0.39, 0.29) is 11.3 Å². The number of nitrogens with zero attached hydrogens (tertiary/aromatic N) is 3. The average molecular weight is 386 g/mol. The van der Waals surface area contributed by atoms with Crippen LogP contribution in [0.5, 0.6) is 0 Å². The molecule has 0 aliphatic carbocycles. The van der Waals surface area contributed by atoms with E-state index in [9.17, 15) is 18.0 Å². The van der Waals surface area contributed by atoms with Crippen LogP contribution in [0.2, 0.25) is 0 Å². The molecule has 5 nitrogen and oxygen atoms in total. The van der Waals surface area contributed by atoms with Crippen LogP contribution in [0.1, 0.15) is 21.5 Å². The molecule has 144 valence electrons. The second-order valence-electron chi connectivity index (χ2n) is 6.14. The van der Waals surface area contributed by atoms with Crippen molar-refractivity contribution < 1.29 is 18.0 Å². The van der Waals surface area contributed by atoms with Crippen molar-refractivity contribution in [3.8, 4) is 0 Å². The zero-order valence-corrected chi connectivity index (χ0v) is 14.9. The summed E-state index contributed by atoms with van der Waals surface area (Å²) in [5.74, 6) is -0.0491. The standard InChI is InChI=1S/C20H17F3N4O/c1-27(13-14-5-3-2-4-6-14)19-24-11-15(12-25-19)18(28)26-17-9-7-16(8-10-17)20(21,22)23/h2-12H,13H2,1H3,(H,26,28). The lowest BCUT2D eigenvalue weighted by molar-refractivity contribution is -0.137. The van der Waals surface area contributed by atoms with Crippen molar-refractivity contribution in [1.29, 1.82) is 0 Å². The molecule has 0 fully saturated rings. The van der Waals surface area contributed by atoms with E-state index in [0.717, 1.165) is 17.7 Å². The topological polar surface area (TPSA) is 58.1 Å². The zero-order chi connectivity index (χ0) is 20.1. The highest BCUT2D eigenvalue weighted by atomic mass is 19.4. The van der Waals surface area contributed by atoms with Gasteiger partial charge in [0.2, 0.25) is 5.95 Å². The molecule has 1 N–H and O–H groups in total. The first-order valence-electron chi connectivity index (χ1n) is 8.38. The Kier molecular flexibility index (Phi) is 5.58. The van der Waals surface area contributed by atoms with Gasteiger partial charge >= 0.3 is 6.18 Å². The van der Waals surface area contributed by atoms with Gasteiger partial charge in [0.15, 0.2) is 0 Å². The van der Waals surface area contributed by atoms with Gasteiger partial charge in [-0.1, -0.05) is 30.3 Å². The number of benzene rings is 2. The Bertz CT molecular complexity index is 926. The van der Waals surface area contributed by atoms with E-state index in [4.69, 9.17) is 0 Å². The van der Waals surface area contributed by atoms with Gasteiger partial charge in [0.05, 0.1) is 11.1 Å². The van der Waals surface area contributed by atoms with Gasteiger partial charge in [-0.15, -0.1) is 0 Å². The van der Waals surface area contributed by atoms with Crippen LogP contribution in [0.25, 0.3) is 0 Å². The van der Waals surface area contributed by atoms with E-state index in [1.165, 1.54) is 24.5 Å². The zero-order valence-electron chi connectivity index (χ0n) is 14.9. The summed E-state index contributed by atoms with van der Waals surface area (Å²) in [5.41, 5.74) is 0.775. The molecule has 2 aromatic carbocycles. The molecular formula is C20H17F3N4O. The number of hydrogen-bond acceptors (Lipinski definition) is 4. The maximum Gasteiger partial charge on any atom is 0.416 e. The molecule has 1 heterocycles. The highest BCUT2D eigenvalue weighted by Crippen LogP contribution is 2.29. The number of alkyl halides is 3. The number of carbonyl (C=O) groups excluding carboxylic acids is 1. The first-order chi connectivity index (χ1) is 13.3. The van der Waals surface area contributed by atoms with Crippen LogP contribution < -0.4 is 10.2 Å². The molecule has 0 bridgehead atoms. The van der Waals surface area contributed by atoms with E-state index in [1.807, 2.05) is 42.3 Å². The predicted molar refractivity (Wildman–Crippen MR) is 100.0 cm³/mol. The van der Waals surface area contributed by atoms with Crippen LogP contribution in [0.4, 0.5) is 24.8 Å². The minimum absolute atomic E-state index is 0.205. The van der Waals surface area contributed by atoms with Gasteiger partial charge in [-0.25, -0.2) is 9.97 Å². The number of aromatic nitrogens is 2. The molecule has 3 rings (SSSR count). The fourth-order valence-electron chi connectivity index (χ4n) is 2.51. The smallest absolute Gasteiger partial charge is 0.340 e. The van der Waals surface area contributed by atoms with E-state index < -0.39 is 17.6 Å².